The molecule has 0 spiro atoms. The number of aliphatic carboxylic acids is 1. The summed E-state index contributed by atoms with van der Waals surface area (Å²) in [7, 11) is 0. The highest BCUT2D eigenvalue weighted by Gasteiger charge is 2.09. The molecule has 0 amide bonds. The van der Waals surface area contributed by atoms with Crippen LogP contribution in [0.2, 0.25) is 0 Å². The van der Waals surface area contributed by atoms with Gasteiger partial charge in [0.2, 0.25) is 5.65 Å². The molecule has 2 rings (SSSR count). The summed E-state index contributed by atoms with van der Waals surface area (Å²) in [6.45, 7) is 4.68. The molecule has 0 saturated carbocycles. The Kier molecular flexibility index (Phi) is 4.49. The summed E-state index contributed by atoms with van der Waals surface area (Å²) in [5, 5.41) is 20.0. The van der Waals surface area contributed by atoms with E-state index in [1.807, 2.05) is 17.5 Å². The Labute approximate surface area is 117 Å². The number of hydrogen-bond acceptors (Lipinski definition) is 5. The Morgan fingerprint density at radius 3 is 3.00 bits per heavy atom. The van der Waals surface area contributed by atoms with Crippen LogP contribution in [0.4, 0.5) is 5.82 Å². The second-order valence-corrected chi connectivity index (χ2v) is 4.97. The first-order chi connectivity index (χ1) is 9.58. The Morgan fingerprint density at radius 1 is 1.45 bits per heavy atom. The SMILES string of the molecule is Cc1nnc2c(NCCC(C)CCC(=O)O)nccn12. The molecule has 20 heavy (non-hydrogen) atoms. The first kappa shape index (κ1) is 14.2. The van der Waals surface area contributed by atoms with Crippen molar-refractivity contribution in [1.29, 1.82) is 0 Å². The van der Waals surface area contributed by atoms with Crippen LogP contribution in [0.15, 0.2) is 12.4 Å². The average Bonchev–Trinajstić information content (AvgIpc) is 2.79. The van der Waals surface area contributed by atoms with Gasteiger partial charge in [-0.3, -0.25) is 9.20 Å². The van der Waals surface area contributed by atoms with Crippen LogP contribution < -0.4 is 5.32 Å². The van der Waals surface area contributed by atoms with Crippen molar-refractivity contribution in [1.82, 2.24) is 19.6 Å². The van der Waals surface area contributed by atoms with Crippen molar-refractivity contribution in [2.24, 2.45) is 5.92 Å². The standard InChI is InChI=1S/C13H19N5O2/c1-9(3-4-11(19)20)5-6-14-12-13-17-16-10(2)18(13)8-7-15-12/h7-9H,3-6H2,1-2H3,(H,14,15)(H,19,20). The number of nitrogens with one attached hydrogen (secondary N) is 1. The van der Waals surface area contributed by atoms with Gasteiger partial charge in [-0.2, -0.15) is 0 Å². The fourth-order valence-corrected chi connectivity index (χ4v) is 2.02. The molecule has 0 aliphatic heterocycles. The van der Waals surface area contributed by atoms with Crippen LogP contribution in [-0.2, 0) is 4.79 Å². The lowest BCUT2D eigenvalue weighted by Crippen LogP contribution is -2.10. The van der Waals surface area contributed by atoms with E-state index in [0.29, 0.717) is 23.8 Å². The van der Waals surface area contributed by atoms with Gasteiger partial charge in [-0.05, 0) is 25.7 Å². The molecule has 1 atom stereocenters. The predicted molar refractivity (Wildman–Crippen MR) is 74.7 cm³/mol. The third-order valence-electron chi connectivity index (χ3n) is 3.28. The third-order valence-corrected chi connectivity index (χ3v) is 3.28. The molecule has 0 bridgehead atoms. The number of aromatic nitrogens is 4. The third kappa shape index (κ3) is 3.43. The first-order valence-electron chi connectivity index (χ1n) is 6.70. The number of nitrogens with zero attached hydrogens (tertiary/aromatic N) is 4. The number of anilines is 1. The van der Waals surface area contributed by atoms with E-state index in [2.05, 4.69) is 27.4 Å². The van der Waals surface area contributed by atoms with Gasteiger partial charge in [0.25, 0.3) is 0 Å². The first-order valence-corrected chi connectivity index (χ1v) is 6.70. The number of aryl methyl sites for hydroxylation is 1. The summed E-state index contributed by atoms with van der Waals surface area (Å²) < 4.78 is 1.88. The maximum atomic E-state index is 10.5. The molecule has 108 valence electrons. The maximum Gasteiger partial charge on any atom is 0.303 e. The molecule has 0 aliphatic rings. The molecular formula is C13H19N5O2. The molecule has 0 aromatic carbocycles. The Balaban J connectivity index is 1.88. The lowest BCUT2D eigenvalue weighted by molar-refractivity contribution is -0.137. The van der Waals surface area contributed by atoms with Gasteiger partial charge in [0.05, 0.1) is 0 Å². The molecule has 2 N–H and O–H groups in total. The van der Waals surface area contributed by atoms with Gasteiger partial charge in [0.1, 0.15) is 5.82 Å². The second kappa shape index (κ2) is 6.31. The molecule has 0 fully saturated rings. The van der Waals surface area contributed by atoms with E-state index in [1.165, 1.54) is 0 Å². The van der Waals surface area contributed by atoms with Gasteiger partial charge in [-0.1, -0.05) is 6.92 Å². The summed E-state index contributed by atoms with van der Waals surface area (Å²) in [6, 6.07) is 0. The van der Waals surface area contributed by atoms with Gasteiger partial charge in [-0.25, -0.2) is 4.98 Å². The zero-order valence-electron chi connectivity index (χ0n) is 11.7. The van der Waals surface area contributed by atoms with E-state index in [4.69, 9.17) is 5.11 Å². The Morgan fingerprint density at radius 2 is 2.25 bits per heavy atom. The molecule has 0 saturated heterocycles. The van der Waals surface area contributed by atoms with E-state index < -0.39 is 5.97 Å². The van der Waals surface area contributed by atoms with Crippen molar-refractivity contribution in [3.63, 3.8) is 0 Å². The van der Waals surface area contributed by atoms with E-state index in [1.54, 1.807) is 6.20 Å². The van der Waals surface area contributed by atoms with Crippen LogP contribution in [-0.4, -0.2) is 37.2 Å². The summed E-state index contributed by atoms with van der Waals surface area (Å²) in [4.78, 5) is 14.8. The average molecular weight is 277 g/mol. The molecule has 2 heterocycles. The normalized spacial score (nSPS) is 12.5. The van der Waals surface area contributed by atoms with Crippen molar-refractivity contribution in [3.05, 3.63) is 18.2 Å². The highest BCUT2D eigenvalue weighted by atomic mass is 16.4. The van der Waals surface area contributed by atoms with Crippen LogP contribution in [0.25, 0.3) is 5.65 Å². The second-order valence-electron chi connectivity index (χ2n) is 4.97. The Bertz CT molecular complexity index is 595. The van der Waals surface area contributed by atoms with Crippen LogP contribution in [0.5, 0.6) is 0 Å². The van der Waals surface area contributed by atoms with E-state index in [-0.39, 0.29) is 6.42 Å². The van der Waals surface area contributed by atoms with Crippen molar-refractivity contribution in [3.8, 4) is 0 Å². The molecule has 0 aliphatic carbocycles. The molecule has 7 nitrogen and oxygen atoms in total. The molecule has 7 heteroatoms. The minimum absolute atomic E-state index is 0.221. The molecule has 1 unspecified atom stereocenters. The molecule has 2 aromatic heterocycles. The van der Waals surface area contributed by atoms with Gasteiger partial charge in [0.15, 0.2) is 5.82 Å². The van der Waals surface area contributed by atoms with Crippen molar-refractivity contribution in [2.75, 3.05) is 11.9 Å². The quantitative estimate of drug-likeness (QED) is 0.800. The highest BCUT2D eigenvalue weighted by molar-refractivity contribution is 5.66. The smallest absolute Gasteiger partial charge is 0.303 e. The van der Waals surface area contributed by atoms with E-state index in [9.17, 15) is 4.79 Å². The molecule has 2 aromatic rings. The van der Waals surface area contributed by atoms with Crippen LogP contribution in [0.3, 0.4) is 0 Å². The van der Waals surface area contributed by atoms with Crippen LogP contribution >= 0.6 is 0 Å². The summed E-state index contributed by atoms with van der Waals surface area (Å²) >= 11 is 0. The Hall–Kier alpha value is -2.18. The largest absolute Gasteiger partial charge is 0.481 e. The van der Waals surface area contributed by atoms with Crippen molar-refractivity contribution < 1.29 is 9.90 Å². The zero-order valence-corrected chi connectivity index (χ0v) is 11.7. The fraction of sp³-hybridized carbons (Fsp3) is 0.538. The van der Waals surface area contributed by atoms with Crippen molar-refractivity contribution >= 4 is 17.4 Å². The molecular weight excluding hydrogens is 258 g/mol. The number of carboxylic acids is 1. The van der Waals surface area contributed by atoms with Gasteiger partial charge >= 0.3 is 5.97 Å². The number of fused-ring (bicyclic) bond motifs is 1. The van der Waals surface area contributed by atoms with Crippen molar-refractivity contribution in [2.45, 2.75) is 33.1 Å². The number of carbonyl (C=O) groups is 1. The number of hydrogen-bond donors (Lipinski definition) is 2. The fourth-order valence-electron chi connectivity index (χ4n) is 2.02. The van der Waals surface area contributed by atoms with E-state index >= 15 is 0 Å². The zero-order chi connectivity index (χ0) is 14.5. The molecule has 0 radical (unpaired) electrons. The summed E-state index contributed by atoms with van der Waals surface area (Å²) in [5.41, 5.74) is 0.711. The lowest BCUT2D eigenvalue weighted by Gasteiger charge is -2.11. The van der Waals surface area contributed by atoms with Crippen LogP contribution in [0, 0.1) is 12.8 Å². The van der Waals surface area contributed by atoms with Gasteiger partial charge < -0.3 is 10.4 Å². The number of rotatable bonds is 7. The minimum Gasteiger partial charge on any atom is -0.481 e. The lowest BCUT2D eigenvalue weighted by atomic mass is 10.0. The summed E-state index contributed by atoms with van der Waals surface area (Å²) in [5.74, 6) is 1.15. The predicted octanol–water partition coefficient (Wildman–Crippen LogP) is 1.74. The van der Waals surface area contributed by atoms with Gasteiger partial charge in [0, 0.05) is 25.4 Å². The maximum absolute atomic E-state index is 10.5. The monoisotopic (exact) mass is 277 g/mol. The van der Waals surface area contributed by atoms with Gasteiger partial charge in [-0.15, -0.1) is 10.2 Å². The number of carboxylic acid groups (broad SMARTS) is 1. The van der Waals surface area contributed by atoms with E-state index in [0.717, 1.165) is 18.8 Å². The van der Waals surface area contributed by atoms with Crippen LogP contribution in [0.1, 0.15) is 32.0 Å². The summed E-state index contributed by atoms with van der Waals surface area (Å²) in [6.07, 6.45) is 5.34. The highest BCUT2D eigenvalue weighted by Crippen LogP contribution is 2.14. The minimum atomic E-state index is -0.741. The topological polar surface area (TPSA) is 92.4 Å².